The summed E-state index contributed by atoms with van der Waals surface area (Å²) in [5.74, 6) is 0.0784. The standard InChI is InChI=1S/C23H28N4O2S2/c1-5-13-27-22(29)19-14-18(6-2)31-21(19)25-23(27)30-15-20(28)24-16-9-11-17(12-10-16)26(7-3)8-4/h5,9-12,14H,1,6-8,13,15H2,2-4H3,(H,24,28)/p+1. The number of rotatable bonds is 10. The Balaban J connectivity index is 1.72. The van der Waals surface area contributed by atoms with Gasteiger partial charge < -0.3 is 10.2 Å². The molecule has 164 valence electrons. The van der Waals surface area contributed by atoms with E-state index in [-0.39, 0.29) is 17.2 Å². The maximum absolute atomic E-state index is 12.9. The number of amides is 1. The smallest absolute Gasteiger partial charge is 0.347 e. The molecule has 0 unspecified atom stereocenters. The molecule has 3 rings (SSSR count). The fourth-order valence-corrected chi connectivity index (χ4v) is 5.23. The summed E-state index contributed by atoms with van der Waals surface area (Å²) in [4.78, 5) is 33.0. The van der Waals surface area contributed by atoms with E-state index in [0.717, 1.165) is 40.6 Å². The molecule has 8 heteroatoms. The molecule has 0 aliphatic rings. The second-order valence-electron chi connectivity index (χ2n) is 7.00. The Morgan fingerprint density at radius 3 is 2.58 bits per heavy atom. The number of hydrogen-bond acceptors (Lipinski definition) is 5. The Bertz CT molecular complexity index is 1120. The van der Waals surface area contributed by atoms with Crippen LogP contribution in [0.4, 0.5) is 11.4 Å². The van der Waals surface area contributed by atoms with Gasteiger partial charge in [0.05, 0.1) is 5.75 Å². The molecule has 0 radical (unpaired) electrons. The van der Waals surface area contributed by atoms with Crippen LogP contribution in [0.3, 0.4) is 0 Å². The molecule has 3 aromatic rings. The molecule has 0 saturated carbocycles. The monoisotopic (exact) mass is 457 g/mol. The molecule has 0 aliphatic carbocycles. The topological polar surface area (TPSA) is 68.5 Å². The molecule has 2 heterocycles. The van der Waals surface area contributed by atoms with Crippen LogP contribution >= 0.6 is 23.1 Å². The van der Waals surface area contributed by atoms with E-state index in [1.165, 1.54) is 11.8 Å². The Hall–Kier alpha value is -2.58. The molecular weight excluding hydrogens is 428 g/mol. The number of carbonyl (C=O) groups is 1. The number of thiophene rings is 1. The minimum atomic E-state index is -0.118. The average Bonchev–Trinajstić information content (AvgIpc) is 3.20. The van der Waals surface area contributed by atoms with Gasteiger partial charge in [-0.05, 0) is 62.4 Å². The highest BCUT2D eigenvalue weighted by Crippen LogP contribution is 2.23. The quantitative estimate of drug-likeness (QED) is 0.281. The number of hydrogen-bond donors (Lipinski definition) is 1. The first kappa shape index (κ1) is 23.1. The molecule has 0 bridgehead atoms. The summed E-state index contributed by atoms with van der Waals surface area (Å²) in [5.41, 5.74) is 1.84. The minimum absolute atomic E-state index is 0.0560. The van der Waals surface area contributed by atoms with E-state index in [1.807, 2.05) is 30.3 Å². The van der Waals surface area contributed by atoms with Crippen LogP contribution in [0.2, 0.25) is 0 Å². The lowest BCUT2D eigenvalue weighted by atomic mass is 10.2. The predicted octanol–water partition coefficient (Wildman–Crippen LogP) is 4.20. The molecule has 0 spiro atoms. The van der Waals surface area contributed by atoms with Crippen LogP contribution in [0.25, 0.3) is 10.2 Å². The van der Waals surface area contributed by atoms with Crippen LogP contribution in [0, 0.1) is 0 Å². The van der Waals surface area contributed by atoms with Crippen molar-refractivity contribution in [2.24, 2.45) is 0 Å². The summed E-state index contributed by atoms with van der Waals surface area (Å²) >= 11 is 2.91. The number of H-pyrrole nitrogens is 1. The number of thioether (sulfide) groups is 1. The number of aryl methyl sites for hydroxylation is 1. The lowest BCUT2D eigenvalue weighted by molar-refractivity contribution is -0.404. The number of aromatic nitrogens is 2. The van der Waals surface area contributed by atoms with Gasteiger partial charge in [-0.3, -0.25) is 4.79 Å². The van der Waals surface area contributed by atoms with E-state index in [0.29, 0.717) is 17.1 Å². The van der Waals surface area contributed by atoms with Crippen LogP contribution in [0.1, 0.15) is 25.6 Å². The highest BCUT2D eigenvalue weighted by molar-refractivity contribution is 7.99. The van der Waals surface area contributed by atoms with E-state index >= 15 is 0 Å². The normalized spacial score (nSPS) is 10.9. The van der Waals surface area contributed by atoms with E-state index < -0.39 is 0 Å². The molecule has 2 N–H and O–H groups in total. The van der Waals surface area contributed by atoms with Gasteiger partial charge in [-0.15, -0.1) is 0 Å². The Labute approximate surface area is 191 Å². The summed E-state index contributed by atoms with van der Waals surface area (Å²) in [7, 11) is 0. The zero-order chi connectivity index (χ0) is 22.4. The molecule has 1 amide bonds. The van der Waals surface area contributed by atoms with Gasteiger partial charge in [0.25, 0.3) is 0 Å². The highest BCUT2D eigenvalue weighted by Gasteiger charge is 2.21. The zero-order valence-electron chi connectivity index (χ0n) is 18.2. The van der Waals surface area contributed by atoms with Gasteiger partial charge in [0.2, 0.25) is 5.91 Å². The summed E-state index contributed by atoms with van der Waals surface area (Å²) in [5, 5.41) is 4.28. The third-order valence-corrected chi connectivity index (χ3v) is 7.20. The second-order valence-corrected chi connectivity index (χ2v) is 9.10. The Morgan fingerprint density at radius 2 is 1.97 bits per heavy atom. The lowest BCUT2D eigenvalue weighted by Crippen LogP contribution is -2.29. The van der Waals surface area contributed by atoms with Crippen molar-refractivity contribution in [2.45, 2.75) is 38.9 Å². The third kappa shape index (κ3) is 5.37. The van der Waals surface area contributed by atoms with Crippen molar-refractivity contribution >= 4 is 50.6 Å². The number of aromatic amines is 1. The summed E-state index contributed by atoms with van der Waals surface area (Å²) < 4.78 is 1.64. The van der Waals surface area contributed by atoms with Gasteiger partial charge in [0.1, 0.15) is 11.9 Å². The summed E-state index contributed by atoms with van der Waals surface area (Å²) in [6, 6.07) is 9.81. The predicted molar refractivity (Wildman–Crippen MR) is 132 cm³/mol. The molecule has 0 saturated heterocycles. The first-order chi connectivity index (χ1) is 15.0. The molecule has 0 atom stereocenters. The number of nitrogens with zero attached hydrogens (tertiary/aromatic N) is 2. The SMILES string of the molecule is C=CCn1c(SCC(=O)Nc2ccc(N(CC)CC)cc2)[nH+]c2sc(CC)cc2c1=O. The number of benzene rings is 1. The van der Waals surface area contributed by atoms with Crippen LogP contribution < -0.4 is 20.8 Å². The first-order valence-electron chi connectivity index (χ1n) is 10.5. The van der Waals surface area contributed by atoms with Crippen molar-refractivity contribution in [3.8, 4) is 0 Å². The van der Waals surface area contributed by atoms with E-state index in [9.17, 15) is 9.59 Å². The van der Waals surface area contributed by atoms with Crippen molar-refractivity contribution < 1.29 is 9.78 Å². The highest BCUT2D eigenvalue weighted by atomic mass is 32.2. The van der Waals surface area contributed by atoms with Crippen LogP contribution in [0.15, 0.2) is 52.9 Å². The van der Waals surface area contributed by atoms with Crippen LogP contribution in [-0.4, -0.2) is 29.3 Å². The number of carbonyl (C=O) groups excluding carboxylic acids is 1. The van der Waals surface area contributed by atoms with Crippen LogP contribution in [0.5, 0.6) is 0 Å². The van der Waals surface area contributed by atoms with Crippen LogP contribution in [-0.2, 0) is 17.8 Å². The molecule has 1 aromatic carbocycles. The number of nitrogens with one attached hydrogen (secondary N) is 2. The molecule has 6 nitrogen and oxygen atoms in total. The largest absolute Gasteiger partial charge is 0.372 e. The Morgan fingerprint density at radius 1 is 1.26 bits per heavy atom. The second kappa shape index (κ2) is 10.6. The fraction of sp³-hybridized carbons (Fsp3) is 0.348. The maximum Gasteiger partial charge on any atom is 0.347 e. The number of allylic oxidation sites excluding steroid dienone is 1. The first-order valence-corrected chi connectivity index (χ1v) is 12.3. The van der Waals surface area contributed by atoms with Gasteiger partial charge in [-0.2, -0.15) is 4.57 Å². The zero-order valence-corrected chi connectivity index (χ0v) is 19.9. The molecule has 0 aliphatic heterocycles. The van der Waals surface area contributed by atoms with E-state index in [4.69, 9.17) is 0 Å². The van der Waals surface area contributed by atoms with Crippen molar-refractivity contribution in [1.82, 2.24) is 4.57 Å². The average molecular weight is 458 g/mol. The van der Waals surface area contributed by atoms with Gasteiger partial charge in [-0.1, -0.05) is 30.9 Å². The minimum Gasteiger partial charge on any atom is -0.372 e. The van der Waals surface area contributed by atoms with Gasteiger partial charge in [0.15, 0.2) is 4.83 Å². The Kier molecular flexibility index (Phi) is 7.92. The maximum atomic E-state index is 12.9. The number of fused-ring (bicyclic) bond motifs is 1. The molecule has 0 fully saturated rings. The van der Waals surface area contributed by atoms with Crippen molar-refractivity contribution in [3.63, 3.8) is 0 Å². The van der Waals surface area contributed by atoms with Crippen molar-refractivity contribution in [3.05, 3.63) is 58.2 Å². The molecule has 2 aromatic heterocycles. The van der Waals surface area contributed by atoms with Gasteiger partial charge in [-0.25, -0.2) is 9.78 Å². The third-order valence-electron chi connectivity index (χ3n) is 5.00. The van der Waals surface area contributed by atoms with Crippen molar-refractivity contribution in [1.29, 1.82) is 0 Å². The molecule has 31 heavy (non-hydrogen) atoms. The van der Waals surface area contributed by atoms with E-state index in [1.54, 1.807) is 22.0 Å². The number of anilines is 2. The van der Waals surface area contributed by atoms with E-state index in [2.05, 4.69) is 42.6 Å². The van der Waals surface area contributed by atoms with Crippen molar-refractivity contribution in [2.75, 3.05) is 29.1 Å². The fourth-order valence-electron chi connectivity index (χ4n) is 3.35. The van der Waals surface area contributed by atoms with Gasteiger partial charge >= 0.3 is 10.7 Å². The van der Waals surface area contributed by atoms with Gasteiger partial charge in [0, 0.05) is 29.3 Å². The molecular formula is C23H29N4O2S2+. The summed E-state index contributed by atoms with van der Waals surface area (Å²) in [6.07, 6.45) is 2.57. The summed E-state index contributed by atoms with van der Waals surface area (Å²) in [6.45, 7) is 12.3. The lowest BCUT2D eigenvalue weighted by Gasteiger charge is -2.21.